The molecule has 1 aromatic carbocycles. The van der Waals surface area contributed by atoms with Crippen molar-refractivity contribution >= 4 is 29.9 Å². The standard InChI is InChI=1S/C19H33N3O3.HI/c1-5-7-12-24-13-8-11-21-19(20-3)22-15-16-9-10-17(25-6-2)18(14-16)23-4;/h9-10,14H,5-8,11-13,15H2,1-4H3,(H2,20,21,22);1H. The summed E-state index contributed by atoms with van der Waals surface area (Å²) < 4.78 is 16.5. The molecular formula is C19H34IN3O3. The minimum Gasteiger partial charge on any atom is -0.493 e. The second-order valence-electron chi connectivity index (χ2n) is 5.59. The van der Waals surface area contributed by atoms with Crippen molar-refractivity contribution in [1.29, 1.82) is 0 Å². The molecule has 7 heteroatoms. The van der Waals surface area contributed by atoms with E-state index in [2.05, 4.69) is 22.5 Å². The molecule has 26 heavy (non-hydrogen) atoms. The Bertz CT molecular complexity index is 513. The SMILES string of the molecule is CCCCOCCCNC(=NC)NCc1ccc(OCC)c(OC)c1.I. The molecule has 0 bridgehead atoms. The van der Waals surface area contributed by atoms with Gasteiger partial charge in [0, 0.05) is 33.4 Å². The van der Waals surface area contributed by atoms with Crippen molar-refractivity contribution in [3.63, 3.8) is 0 Å². The maximum absolute atomic E-state index is 5.55. The van der Waals surface area contributed by atoms with Crippen LogP contribution >= 0.6 is 24.0 Å². The summed E-state index contributed by atoms with van der Waals surface area (Å²) >= 11 is 0. The van der Waals surface area contributed by atoms with Crippen molar-refractivity contribution in [3.8, 4) is 11.5 Å². The molecule has 150 valence electrons. The van der Waals surface area contributed by atoms with Gasteiger partial charge in [0.15, 0.2) is 17.5 Å². The fraction of sp³-hybridized carbons (Fsp3) is 0.632. The van der Waals surface area contributed by atoms with Crippen LogP contribution < -0.4 is 20.1 Å². The van der Waals surface area contributed by atoms with Gasteiger partial charge in [-0.05, 0) is 37.5 Å². The molecule has 0 fully saturated rings. The lowest BCUT2D eigenvalue weighted by molar-refractivity contribution is 0.129. The van der Waals surface area contributed by atoms with Crippen LogP contribution in [0.2, 0.25) is 0 Å². The Morgan fingerprint density at radius 2 is 1.85 bits per heavy atom. The number of hydrogen-bond acceptors (Lipinski definition) is 4. The first-order valence-corrected chi connectivity index (χ1v) is 9.07. The Morgan fingerprint density at radius 3 is 2.50 bits per heavy atom. The molecule has 0 unspecified atom stereocenters. The van der Waals surface area contributed by atoms with Crippen LogP contribution in [-0.4, -0.2) is 46.5 Å². The van der Waals surface area contributed by atoms with E-state index in [9.17, 15) is 0 Å². The molecule has 0 atom stereocenters. The van der Waals surface area contributed by atoms with E-state index in [1.165, 1.54) is 6.42 Å². The number of nitrogens with zero attached hydrogens (tertiary/aromatic N) is 1. The molecule has 0 heterocycles. The van der Waals surface area contributed by atoms with Crippen molar-refractivity contribution < 1.29 is 14.2 Å². The van der Waals surface area contributed by atoms with Gasteiger partial charge in [-0.3, -0.25) is 4.99 Å². The third-order valence-electron chi connectivity index (χ3n) is 3.61. The van der Waals surface area contributed by atoms with Gasteiger partial charge in [0.25, 0.3) is 0 Å². The highest BCUT2D eigenvalue weighted by atomic mass is 127. The van der Waals surface area contributed by atoms with Crippen LogP contribution in [0.25, 0.3) is 0 Å². The Labute approximate surface area is 175 Å². The van der Waals surface area contributed by atoms with E-state index >= 15 is 0 Å². The number of methoxy groups -OCH3 is 1. The number of ether oxygens (including phenoxy) is 3. The number of halogens is 1. The van der Waals surface area contributed by atoms with Crippen LogP contribution in [0.4, 0.5) is 0 Å². The summed E-state index contributed by atoms with van der Waals surface area (Å²) in [7, 11) is 3.42. The van der Waals surface area contributed by atoms with Gasteiger partial charge in [-0.25, -0.2) is 0 Å². The smallest absolute Gasteiger partial charge is 0.191 e. The second kappa shape index (κ2) is 16.0. The van der Waals surface area contributed by atoms with Crippen LogP contribution in [-0.2, 0) is 11.3 Å². The molecule has 0 aliphatic carbocycles. The van der Waals surface area contributed by atoms with Crippen molar-refractivity contribution in [2.75, 3.05) is 40.5 Å². The van der Waals surface area contributed by atoms with Crippen LogP contribution in [0.1, 0.15) is 38.7 Å². The molecule has 0 spiro atoms. The number of aliphatic imine (C=N–C) groups is 1. The molecule has 2 N–H and O–H groups in total. The maximum Gasteiger partial charge on any atom is 0.191 e. The quantitative estimate of drug-likeness (QED) is 0.208. The average molecular weight is 479 g/mol. The molecule has 0 amide bonds. The molecule has 0 aliphatic rings. The number of benzene rings is 1. The monoisotopic (exact) mass is 479 g/mol. The highest BCUT2D eigenvalue weighted by molar-refractivity contribution is 14.0. The lowest BCUT2D eigenvalue weighted by Gasteiger charge is -2.14. The van der Waals surface area contributed by atoms with Crippen molar-refractivity contribution in [3.05, 3.63) is 23.8 Å². The lowest BCUT2D eigenvalue weighted by atomic mass is 10.2. The van der Waals surface area contributed by atoms with Crippen molar-refractivity contribution in [2.45, 2.75) is 39.7 Å². The topological polar surface area (TPSA) is 64.1 Å². The van der Waals surface area contributed by atoms with E-state index in [1.54, 1.807) is 14.2 Å². The fourth-order valence-corrected chi connectivity index (χ4v) is 2.23. The molecule has 1 aromatic rings. The van der Waals surface area contributed by atoms with E-state index in [0.717, 1.165) is 55.6 Å². The normalized spacial score (nSPS) is 10.8. The number of unbranched alkanes of at least 4 members (excludes halogenated alkanes) is 1. The van der Waals surface area contributed by atoms with Crippen molar-refractivity contribution in [1.82, 2.24) is 10.6 Å². The number of guanidine groups is 1. The Morgan fingerprint density at radius 1 is 1.08 bits per heavy atom. The largest absolute Gasteiger partial charge is 0.493 e. The van der Waals surface area contributed by atoms with Gasteiger partial charge in [-0.1, -0.05) is 19.4 Å². The van der Waals surface area contributed by atoms with E-state index in [-0.39, 0.29) is 24.0 Å². The van der Waals surface area contributed by atoms with E-state index in [0.29, 0.717) is 13.2 Å². The molecule has 0 aliphatic heterocycles. The Kier molecular flexibility index (Phi) is 15.2. The summed E-state index contributed by atoms with van der Waals surface area (Å²) in [6, 6.07) is 5.94. The van der Waals surface area contributed by atoms with Crippen molar-refractivity contribution in [2.24, 2.45) is 4.99 Å². The minimum atomic E-state index is 0. The first kappa shape index (κ1) is 24.8. The first-order chi connectivity index (χ1) is 12.2. The third kappa shape index (κ3) is 10.1. The predicted octanol–water partition coefficient (Wildman–Crippen LogP) is 3.58. The third-order valence-corrected chi connectivity index (χ3v) is 3.61. The van der Waals surface area contributed by atoms with Gasteiger partial charge in [0.1, 0.15) is 0 Å². The molecule has 0 radical (unpaired) electrons. The van der Waals surface area contributed by atoms with Crippen LogP contribution in [0.3, 0.4) is 0 Å². The highest BCUT2D eigenvalue weighted by Gasteiger charge is 2.06. The summed E-state index contributed by atoms with van der Waals surface area (Å²) in [4.78, 5) is 4.24. The predicted molar refractivity (Wildman–Crippen MR) is 118 cm³/mol. The summed E-state index contributed by atoms with van der Waals surface area (Å²) in [5, 5.41) is 6.60. The number of rotatable bonds is 12. The molecule has 0 aromatic heterocycles. The van der Waals surface area contributed by atoms with Gasteiger partial charge in [-0.2, -0.15) is 0 Å². The maximum atomic E-state index is 5.55. The van der Waals surface area contributed by atoms with E-state index < -0.39 is 0 Å². The van der Waals surface area contributed by atoms with E-state index in [1.807, 2.05) is 25.1 Å². The first-order valence-electron chi connectivity index (χ1n) is 9.07. The van der Waals surface area contributed by atoms with Crippen LogP contribution in [0.5, 0.6) is 11.5 Å². The van der Waals surface area contributed by atoms with Crippen LogP contribution in [0.15, 0.2) is 23.2 Å². The molecule has 0 saturated heterocycles. The molecule has 0 saturated carbocycles. The summed E-state index contributed by atoms with van der Waals surface area (Å²) in [5.41, 5.74) is 1.10. The fourth-order valence-electron chi connectivity index (χ4n) is 2.23. The summed E-state index contributed by atoms with van der Waals surface area (Å²) in [6.45, 7) is 7.86. The molecular weight excluding hydrogens is 445 g/mol. The second-order valence-corrected chi connectivity index (χ2v) is 5.59. The number of nitrogens with one attached hydrogen (secondary N) is 2. The summed E-state index contributed by atoms with van der Waals surface area (Å²) in [5.74, 6) is 2.29. The van der Waals surface area contributed by atoms with E-state index in [4.69, 9.17) is 14.2 Å². The summed E-state index contributed by atoms with van der Waals surface area (Å²) in [6.07, 6.45) is 3.26. The zero-order chi connectivity index (χ0) is 18.3. The van der Waals surface area contributed by atoms with Gasteiger partial charge in [-0.15, -0.1) is 24.0 Å². The van der Waals surface area contributed by atoms with Gasteiger partial charge in [0.2, 0.25) is 0 Å². The molecule has 6 nitrogen and oxygen atoms in total. The highest BCUT2D eigenvalue weighted by Crippen LogP contribution is 2.27. The Balaban J connectivity index is 0.00000625. The zero-order valence-electron chi connectivity index (χ0n) is 16.5. The number of hydrogen-bond donors (Lipinski definition) is 2. The Hall–Kier alpha value is -1.22. The zero-order valence-corrected chi connectivity index (χ0v) is 18.8. The van der Waals surface area contributed by atoms with Gasteiger partial charge >= 0.3 is 0 Å². The molecule has 1 rings (SSSR count). The van der Waals surface area contributed by atoms with Gasteiger partial charge < -0.3 is 24.8 Å². The minimum absolute atomic E-state index is 0. The lowest BCUT2D eigenvalue weighted by Crippen LogP contribution is -2.37. The average Bonchev–Trinajstić information content (AvgIpc) is 2.64. The van der Waals surface area contributed by atoms with Gasteiger partial charge in [0.05, 0.1) is 13.7 Å². The van der Waals surface area contributed by atoms with Crippen LogP contribution in [0, 0.1) is 0 Å².